The van der Waals surface area contributed by atoms with E-state index in [9.17, 15) is 0 Å². The summed E-state index contributed by atoms with van der Waals surface area (Å²) in [4.78, 5) is 0. The first-order valence-electron chi connectivity index (χ1n) is 7.19. The van der Waals surface area contributed by atoms with Crippen molar-refractivity contribution in [3.05, 3.63) is 30.0 Å². The minimum absolute atomic E-state index is 0.200. The van der Waals surface area contributed by atoms with Gasteiger partial charge in [0.2, 0.25) is 0 Å². The number of aryl methyl sites for hydroxylation is 1. The van der Waals surface area contributed by atoms with Crippen molar-refractivity contribution < 1.29 is 4.74 Å². The lowest BCUT2D eigenvalue weighted by Gasteiger charge is -2.24. The lowest BCUT2D eigenvalue weighted by molar-refractivity contribution is 0.0953. The van der Waals surface area contributed by atoms with Gasteiger partial charge < -0.3 is 4.74 Å². The maximum atomic E-state index is 5.77. The predicted molar refractivity (Wildman–Crippen MR) is 79.1 cm³/mol. The molecule has 0 aliphatic carbocycles. The molecule has 0 bridgehead atoms. The highest BCUT2D eigenvalue weighted by Gasteiger charge is 2.32. The quantitative estimate of drug-likeness (QED) is 0.653. The molecular formula is C15H22N4O. The second kappa shape index (κ2) is 5.52. The van der Waals surface area contributed by atoms with Crippen molar-refractivity contribution in [2.75, 3.05) is 6.61 Å². The van der Waals surface area contributed by atoms with Crippen molar-refractivity contribution in [1.29, 1.82) is 0 Å². The zero-order chi connectivity index (χ0) is 14.1. The summed E-state index contributed by atoms with van der Waals surface area (Å²) in [6.07, 6.45) is 2.14. The van der Waals surface area contributed by atoms with Crippen molar-refractivity contribution in [2.24, 2.45) is 18.8 Å². The van der Waals surface area contributed by atoms with Crippen LogP contribution < -0.4 is 11.3 Å². The van der Waals surface area contributed by atoms with Gasteiger partial charge in [-0.05, 0) is 19.4 Å². The molecule has 2 heterocycles. The monoisotopic (exact) mass is 274 g/mol. The molecule has 0 radical (unpaired) electrons. The average molecular weight is 274 g/mol. The van der Waals surface area contributed by atoms with Crippen LogP contribution in [-0.2, 0) is 18.2 Å². The molecule has 3 unspecified atom stereocenters. The van der Waals surface area contributed by atoms with E-state index in [1.165, 1.54) is 5.39 Å². The predicted octanol–water partition coefficient (Wildman–Crippen LogP) is 1.37. The maximum absolute atomic E-state index is 5.77. The van der Waals surface area contributed by atoms with Crippen LogP contribution in [0.25, 0.3) is 10.9 Å². The summed E-state index contributed by atoms with van der Waals surface area (Å²) in [5.41, 5.74) is 5.23. The lowest BCUT2D eigenvalue weighted by Crippen LogP contribution is -2.44. The molecule has 2 aromatic rings. The fourth-order valence-electron chi connectivity index (χ4n) is 3.26. The van der Waals surface area contributed by atoms with Gasteiger partial charge in [0.15, 0.2) is 0 Å². The molecule has 20 heavy (non-hydrogen) atoms. The average Bonchev–Trinajstić information content (AvgIpc) is 3.01. The van der Waals surface area contributed by atoms with Crippen molar-refractivity contribution in [3.63, 3.8) is 0 Å². The Kier molecular flexibility index (Phi) is 3.74. The zero-order valence-corrected chi connectivity index (χ0v) is 12.0. The minimum atomic E-state index is 0.200. The first kappa shape index (κ1) is 13.5. The van der Waals surface area contributed by atoms with Crippen LogP contribution in [0.15, 0.2) is 24.3 Å². The summed E-state index contributed by atoms with van der Waals surface area (Å²) in [5.74, 6) is 6.22. The highest BCUT2D eigenvalue weighted by molar-refractivity contribution is 5.81. The molecule has 1 aromatic carbocycles. The highest BCUT2D eigenvalue weighted by Crippen LogP contribution is 2.27. The van der Waals surface area contributed by atoms with Crippen LogP contribution in [-0.4, -0.2) is 28.5 Å². The van der Waals surface area contributed by atoms with Gasteiger partial charge in [0.1, 0.15) is 0 Å². The van der Waals surface area contributed by atoms with Crippen LogP contribution in [0, 0.1) is 5.92 Å². The van der Waals surface area contributed by atoms with E-state index in [1.807, 2.05) is 17.8 Å². The second-order valence-electron chi connectivity index (χ2n) is 5.59. The first-order valence-corrected chi connectivity index (χ1v) is 7.19. The standard InChI is InChI=1S/C15H22N4O/c1-10-11(7-8-20-10)13(17-16)9-14-12-5-3-4-6-15(12)19(2)18-14/h3-6,10-11,13,17H,7-9,16H2,1-2H3. The Morgan fingerprint density at radius 3 is 3.00 bits per heavy atom. The Labute approximate surface area is 119 Å². The molecule has 0 saturated carbocycles. The molecule has 1 fully saturated rings. The zero-order valence-electron chi connectivity index (χ0n) is 12.0. The Balaban J connectivity index is 1.87. The van der Waals surface area contributed by atoms with Crippen LogP contribution in [0.1, 0.15) is 19.0 Å². The molecule has 3 atom stereocenters. The van der Waals surface area contributed by atoms with Crippen LogP contribution in [0.4, 0.5) is 0 Å². The number of nitrogens with two attached hydrogens (primary N) is 1. The smallest absolute Gasteiger partial charge is 0.0719 e. The molecule has 108 valence electrons. The molecular weight excluding hydrogens is 252 g/mol. The molecule has 5 heteroatoms. The van der Waals surface area contributed by atoms with Crippen molar-refractivity contribution in [1.82, 2.24) is 15.2 Å². The van der Waals surface area contributed by atoms with E-state index in [0.717, 1.165) is 30.7 Å². The van der Waals surface area contributed by atoms with Crippen LogP contribution >= 0.6 is 0 Å². The van der Waals surface area contributed by atoms with Crippen molar-refractivity contribution >= 4 is 10.9 Å². The molecule has 1 aromatic heterocycles. The Bertz CT molecular complexity index is 595. The van der Waals surface area contributed by atoms with E-state index < -0.39 is 0 Å². The van der Waals surface area contributed by atoms with Gasteiger partial charge >= 0.3 is 0 Å². The number of hydrazine groups is 1. The summed E-state index contributed by atoms with van der Waals surface area (Å²) in [5, 5.41) is 5.86. The van der Waals surface area contributed by atoms with Gasteiger partial charge in [-0.25, -0.2) is 0 Å². The molecule has 3 N–H and O–H groups in total. The van der Waals surface area contributed by atoms with Gasteiger partial charge in [-0.1, -0.05) is 18.2 Å². The summed E-state index contributed by atoms with van der Waals surface area (Å²) < 4.78 is 7.59. The Morgan fingerprint density at radius 2 is 2.30 bits per heavy atom. The third kappa shape index (κ3) is 2.32. The maximum Gasteiger partial charge on any atom is 0.0719 e. The van der Waals surface area contributed by atoms with Crippen LogP contribution in [0.5, 0.6) is 0 Å². The topological polar surface area (TPSA) is 65.1 Å². The van der Waals surface area contributed by atoms with Gasteiger partial charge in [-0.3, -0.25) is 16.0 Å². The fraction of sp³-hybridized carbons (Fsp3) is 0.533. The number of fused-ring (bicyclic) bond motifs is 1. The van der Waals surface area contributed by atoms with E-state index in [4.69, 9.17) is 10.6 Å². The summed E-state index contributed by atoms with van der Waals surface area (Å²) in [6, 6.07) is 8.52. The van der Waals surface area contributed by atoms with Gasteiger partial charge in [-0.15, -0.1) is 0 Å². The van der Waals surface area contributed by atoms with E-state index in [1.54, 1.807) is 0 Å². The summed E-state index contributed by atoms with van der Waals surface area (Å²) >= 11 is 0. The molecule has 0 amide bonds. The van der Waals surface area contributed by atoms with Crippen molar-refractivity contribution in [2.45, 2.75) is 31.9 Å². The van der Waals surface area contributed by atoms with Crippen LogP contribution in [0.3, 0.4) is 0 Å². The third-order valence-corrected chi connectivity index (χ3v) is 4.41. The summed E-state index contributed by atoms with van der Waals surface area (Å²) in [7, 11) is 1.98. The second-order valence-corrected chi connectivity index (χ2v) is 5.59. The number of nitrogens with zero attached hydrogens (tertiary/aromatic N) is 2. The van der Waals surface area contributed by atoms with E-state index >= 15 is 0 Å². The van der Waals surface area contributed by atoms with E-state index in [2.05, 4.69) is 35.6 Å². The lowest BCUT2D eigenvalue weighted by atomic mass is 9.90. The Hall–Kier alpha value is -1.43. The SMILES string of the molecule is CC1OCCC1C(Cc1nn(C)c2ccccc12)NN. The molecule has 5 nitrogen and oxygen atoms in total. The minimum Gasteiger partial charge on any atom is -0.378 e. The number of benzene rings is 1. The number of nitrogens with one attached hydrogen (secondary N) is 1. The molecule has 1 aliphatic heterocycles. The number of para-hydroxylation sites is 1. The fourth-order valence-corrected chi connectivity index (χ4v) is 3.26. The third-order valence-electron chi connectivity index (χ3n) is 4.41. The molecule has 3 rings (SSSR count). The van der Waals surface area contributed by atoms with Gasteiger partial charge in [0.25, 0.3) is 0 Å². The largest absolute Gasteiger partial charge is 0.378 e. The number of hydrogen-bond donors (Lipinski definition) is 2. The van der Waals surface area contributed by atoms with E-state index in [0.29, 0.717) is 5.92 Å². The van der Waals surface area contributed by atoms with E-state index in [-0.39, 0.29) is 12.1 Å². The summed E-state index contributed by atoms with van der Waals surface area (Å²) in [6.45, 7) is 2.95. The van der Waals surface area contributed by atoms with Crippen LogP contribution in [0.2, 0.25) is 0 Å². The highest BCUT2D eigenvalue weighted by atomic mass is 16.5. The number of ether oxygens (including phenoxy) is 1. The number of hydrogen-bond acceptors (Lipinski definition) is 4. The van der Waals surface area contributed by atoms with Gasteiger partial charge in [0.05, 0.1) is 17.3 Å². The number of aromatic nitrogens is 2. The molecule has 1 saturated heterocycles. The van der Waals surface area contributed by atoms with Gasteiger partial charge in [-0.2, -0.15) is 5.10 Å². The Morgan fingerprint density at radius 1 is 1.50 bits per heavy atom. The van der Waals surface area contributed by atoms with Crippen molar-refractivity contribution in [3.8, 4) is 0 Å². The molecule has 1 aliphatic rings. The number of rotatable bonds is 4. The normalized spacial score (nSPS) is 24.4. The molecule has 0 spiro atoms. The first-order chi connectivity index (χ1) is 9.70. The van der Waals surface area contributed by atoms with Gasteiger partial charge in [0, 0.05) is 37.4 Å².